The van der Waals surface area contributed by atoms with Gasteiger partial charge in [-0.3, -0.25) is 0 Å². The molecule has 0 atom stereocenters. The van der Waals surface area contributed by atoms with Gasteiger partial charge in [-0.15, -0.1) is 0 Å². The minimum absolute atomic E-state index is 1.20. The van der Waals surface area contributed by atoms with Crippen molar-refractivity contribution >= 4 is 86.2 Å². The van der Waals surface area contributed by atoms with E-state index in [4.69, 9.17) is 0 Å². The maximum absolute atomic E-state index is 2.44. The number of fused-ring (bicyclic) bond motifs is 11. The summed E-state index contributed by atoms with van der Waals surface area (Å²) < 4.78 is 0. The van der Waals surface area contributed by atoms with Crippen LogP contribution in [-0.4, -0.2) is 0 Å². The summed E-state index contributed by atoms with van der Waals surface area (Å²) >= 11 is 0. The standard InChI is InChI=1S/C68H42/c1-4-19-57-43(11-1)25-28-52-39-48(31-34-61(52)57)46-14-7-16-50(37-46)60-22-10-24-65-66(60)42-55-18-9-23-64(67(55)68(65)56-33-36-63-54(41-56)30-27-45-13-3-6-21-59(45)63)51-17-8-15-47(38-51)49-32-35-62-53(40-49)29-26-44-12-2-5-20-58(44)62/h1-42H. The third-order valence-electron chi connectivity index (χ3n) is 14.6. The van der Waals surface area contributed by atoms with Crippen molar-refractivity contribution in [1.29, 1.82) is 0 Å². The van der Waals surface area contributed by atoms with Crippen LogP contribution < -0.4 is 0 Å². The van der Waals surface area contributed by atoms with E-state index in [0.29, 0.717) is 0 Å². The highest BCUT2D eigenvalue weighted by molar-refractivity contribution is 6.21. The van der Waals surface area contributed by atoms with Crippen molar-refractivity contribution in [2.45, 2.75) is 0 Å². The zero-order valence-corrected chi connectivity index (χ0v) is 37.2. The van der Waals surface area contributed by atoms with Crippen molar-refractivity contribution in [3.05, 3.63) is 255 Å². The Labute approximate surface area is 394 Å². The van der Waals surface area contributed by atoms with Crippen LogP contribution in [0.3, 0.4) is 0 Å². The Morgan fingerprint density at radius 1 is 0.162 bits per heavy atom. The van der Waals surface area contributed by atoms with Crippen LogP contribution in [0.15, 0.2) is 255 Å². The summed E-state index contributed by atoms with van der Waals surface area (Å²) in [5.41, 5.74) is 12.2. The molecule has 0 amide bonds. The molecule has 314 valence electrons. The second-order valence-corrected chi connectivity index (χ2v) is 18.4. The second-order valence-electron chi connectivity index (χ2n) is 18.4. The summed E-state index contributed by atoms with van der Waals surface area (Å²) in [7, 11) is 0. The molecule has 0 bridgehead atoms. The molecular weight excluding hydrogens is 817 g/mol. The van der Waals surface area contributed by atoms with Crippen LogP contribution in [0.5, 0.6) is 0 Å². The van der Waals surface area contributed by atoms with Gasteiger partial charge in [-0.25, -0.2) is 0 Å². The summed E-state index contributed by atoms with van der Waals surface area (Å²) in [5, 5.41) is 20.2. The quantitative estimate of drug-likeness (QED) is 0.119. The zero-order valence-electron chi connectivity index (χ0n) is 37.2. The van der Waals surface area contributed by atoms with Gasteiger partial charge in [-0.1, -0.05) is 218 Å². The van der Waals surface area contributed by atoms with E-state index in [9.17, 15) is 0 Å². The van der Waals surface area contributed by atoms with Crippen LogP contribution in [0.25, 0.3) is 142 Å². The smallest absolute Gasteiger partial charge is 0.00201 e. The van der Waals surface area contributed by atoms with Crippen molar-refractivity contribution in [3.8, 4) is 55.6 Å². The fraction of sp³-hybridized carbons (Fsp3) is 0. The zero-order chi connectivity index (χ0) is 44.7. The van der Waals surface area contributed by atoms with E-state index in [1.807, 2.05) is 0 Å². The molecule has 68 heavy (non-hydrogen) atoms. The maximum Gasteiger partial charge on any atom is -0.00201 e. The lowest BCUT2D eigenvalue weighted by atomic mass is 9.84. The SMILES string of the molecule is c1cc(-c2ccc3c(ccc4ccccc43)c2)cc(-c2cccc3c(-c4ccc5c(ccc6ccccc65)c4)c4c(-c5cccc(-c6ccc7c(ccc8ccccc87)c6)c5)cccc4cc23)c1. The van der Waals surface area contributed by atoms with Gasteiger partial charge in [0.25, 0.3) is 0 Å². The largest absolute Gasteiger partial charge is 0.0616 e. The van der Waals surface area contributed by atoms with Gasteiger partial charge in [-0.2, -0.15) is 0 Å². The monoisotopic (exact) mass is 858 g/mol. The van der Waals surface area contributed by atoms with E-state index in [1.165, 1.54) is 142 Å². The van der Waals surface area contributed by atoms with Gasteiger partial charge in [0.15, 0.2) is 0 Å². The molecule has 0 aliphatic rings. The predicted molar refractivity (Wildman–Crippen MR) is 294 cm³/mol. The summed E-state index contributed by atoms with van der Waals surface area (Å²) in [6, 6.07) is 95.0. The summed E-state index contributed by atoms with van der Waals surface area (Å²) in [6.45, 7) is 0. The Bertz CT molecular complexity index is 4380. The van der Waals surface area contributed by atoms with E-state index < -0.39 is 0 Å². The summed E-state index contributed by atoms with van der Waals surface area (Å²) in [6.07, 6.45) is 0. The topological polar surface area (TPSA) is 0 Å². The molecule has 0 saturated carbocycles. The first-order valence-electron chi connectivity index (χ1n) is 23.6. The van der Waals surface area contributed by atoms with Gasteiger partial charge in [0.2, 0.25) is 0 Å². The van der Waals surface area contributed by atoms with Gasteiger partial charge in [-0.05, 0) is 178 Å². The number of benzene rings is 14. The Kier molecular flexibility index (Phi) is 8.69. The Hall–Kier alpha value is -8.84. The molecule has 0 heterocycles. The minimum atomic E-state index is 1.20. The lowest BCUT2D eigenvalue weighted by molar-refractivity contribution is 1.61. The molecule has 14 aromatic rings. The molecule has 0 aliphatic heterocycles. The first-order valence-corrected chi connectivity index (χ1v) is 23.6. The molecule has 0 saturated heterocycles. The first-order chi connectivity index (χ1) is 33.7. The highest BCUT2D eigenvalue weighted by Gasteiger charge is 2.19. The minimum Gasteiger partial charge on any atom is -0.0616 e. The van der Waals surface area contributed by atoms with Gasteiger partial charge in [0.1, 0.15) is 0 Å². The van der Waals surface area contributed by atoms with Crippen LogP contribution in [0.4, 0.5) is 0 Å². The third kappa shape index (κ3) is 6.23. The molecule has 0 aromatic heterocycles. The van der Waals surface area contributed by atoms with E-state index in [1.54, 1.807) is 0 Å². The van der Waals surface area contributed by atoms with Crippen molar-refractivity contribution in [2.75, 3.05) is 0 Å². The Morgan fingerprint density at radius 3 is 1.09 bits per heavy atom. The van der Waals surface area contributed by atoms with Crippen molar-refractivity contribution in [1.82, 2.24) is 0 Å². The van der Waals surface area contributed by atoms with Crippen LogP contribution in [0.2, 0.25) is 0 Å². The van der Waals surface area contributed by atoms with Crippen LogP contribution >= 0.6 is 0 Å². The third-order valence-corrected chi connectivity index (χ3v) is 14.6. The molecule has 14 rings (SSSR count). The maximum atomic E-state index is 2.44. The highest BCUT2D eigenvalue weighted by atomic mass is 14.2. The molecule has 0 aliphatic carbocycles. The molecule has 0 N–H and O–H groups in total. The normalized spacial score (nSPS) is 11.8. The Balaban J connectivity index is 0.960. The molecule has 0 nitrogen and oxygen atoms in total. The molecule has 0 unspecified atom stereocenters. The number of hydrogen-bond acceptors (Lipinski definition) is 0. The molecular formula is C68H42. The molecule has 0 fully saturated rings. The predicted octanol–water partition coefficient (Wildman–Crippen LogP) is 19.2. The number of hydrogen-bond donors (Lipinski definition) is 0. The van der Waals surface area contributed by atoms with Crippen LogP contribution in [0, 0.1) is 0 Å². The molecule has 14 aromatic carbocycles. The van der Waals surface area contributed by atoms with E-state index in [0.717, 1.165) is 0 Å². The van der Waals surface area contributed by atoms with Crippen LogP contribution in [0.1, 0.15) is 0 Å². The van der Waals surface area contributed by atoms with Gasteiger partial charge < -0.3 is 0 Å². The molecule has 0 heteroatoms. The molecule has 0 radical (unpaired) electrons. The second kappa shape index (κ2) is 15.4. The first kappa shape index (κ1) is 38.4. The van der Waals surface area contributed by atoms with E-state index in [-0.39, 0.29) is 0 Å². The lowest BCUT2D eigenvalue weighted by Crippen LogP contribution is -1.92. The molecule has 0 spiro atoms. The van der Waals surface area contributed by atoms with Gasteiger partial charge in [0, 0.05) is 0 Å². The van der Waals surface area contributed by atoms with Gasteiger partial charge >= 0.3 is 0 Å². The van der Waals surface area contributed by atoms with E-state index in [2.05, 4.69) is 255 Å². The van der Waals surface area contributed by atoms with Gasteiger partial charge in [0.05, 0.1) is 0 Å². The Morgan fingerprint density at radius 2 is 0.529 bits per heavy atom. The lowest BCUT2D eigenvalue weighted by Gasteiger charge is -2.19. The van der Waals surface area contributed by atoms with Crippen molar-refractivity contribution < 1.29 is 0 Å². The van der Waals surface area contributed by atoms with Crippen molar-refractivity contribution in [2.24, 2.45) is 0 Å². The fourth-order valence-electron chi connectivity index (χ4n) is 11.3. The summed E-state index contributed by atoms with van der Waals surface area (Å²) in [4.78, 5) is 0. The van der Waals surface area contributed by atoms with Crippen molar-refractivity contribution in [3.63, 3.8) is 0 Å². The highest BCUT2D eigenvalue weighted by Crippen LogP contribution is 2.46. The number of rotatable bonds is 5. The average molecular weight is 859 g/mol. The fourth-order valence-corrected chi connectivity index (χ4v) is 11.3. The average Bonchev–Trinajstić information content (AvgIpc) is 3.41. The van der Waals surface area contributed by atoms with E-state index >= 15 is 0 Å². The van der Waals surface area contributed by atoms with Crippen LogP contribution in [-0.2, 0) is 0 Å². The summed E-state index contributed by atoms with van der Waals surface area (Å²) in [5.74, 6) is 0.